The molecule has 1 saturated heterocycles. The molecule has 20 heavy (non-hydrogen) atoms. The Morgan fingerprint density at radius 1 is 1.40 bits per heavy atom. The summed E-state index contributed by atoms with van der Waals surface area (Å²) >= 11 is 6.16. The summed E-state index contributed by atoms with van der Waals surface area (Å²) in [7, 11) is -3.29. The van der Waals surface area contributed by atoms with Crippen LogP contribution in [-0.4, -0.2) is 33.4 Å². The third-order valence-electron chi connectivity index (χ3n) is 3.59. The smallest absolute Gasteiger partial charge is 0.214 e. The molecule has 1 fully saturated rings. The quantitative estimate of drug-likeness (QED) is 0.906. The number of benzene rings is 1. The van der Waals surface area contributed by atoms with E-state index in [1.165, 1.54) is 0 Å². The van der Waals surface area contributed by atoms with Gasteiger partial charge in [0.25, 0.3) is 0 Å². The Balaban J connectivity index is 2.18. The highest BCUT2D eigenvalue weighted by molar-refractivity contribution is 7.90. The van der Waals surface area contributed by atoms with Crippen LogP contribution in [0.4, 0.5) is 0 Å². The molecule has 1 heterocycles. The van der Waals surface area contributed by atoms with Gasteiger partial charge in [0.15, 0.2) is 0 Å². The zero-order valence-electron chi connectivity index (χ0n) is 11.5. The number of ether oxygens (including phenoxy) is 1. The molecular formula is C14H20ClNO3S. The van der Waals surface area contributed by atoms with Gasteiger partial charge in [-0.15, -0.1) is 0 Å². The van der Waals surface area contributed by atoms with Crippen molar-refractivity contribution in [2.24, 2.45) is 5.92 Å². The molecule has 1 aliphatic heterocycles. The molecule has 0 bridgehead atoms. The van der Waals surface area contributed by atoms with Crippen molar-refractivity contribution in [3.8, 4) is 0 Å². The Morgan fingerprint density at radius 2 is 2.15 bits per heavy atom. The zero-order chi connectivity index (χ0) is 14.6. The third-order valence-corrected chi connectivity index (χ3v) is 6.07. The van der Waals surface area contributed by atoms with Crippen molar-refractivity contribution in [1.82, 2.24) is 4.72 Å². The van der Waals surface area contributed by atoms with E-state index in [4.69, 9.17) is 16.3 Å². The maximum absolute atomic E-state index is 12.3. The molecule has 0 aromatic heterocycles. The summed E-state index contributed by atoms with van der Waals surface area (Å²) in [6.07, 6.45) is 1.15. The molecule has 0 radical (unpaired) electrons. The van der Waals surface area contributed by atoms with Gasteiger partial charge in [-0.25, -0.2) is 13.1 Å². The minimum absolute atomic E-state index is 0.0623. The van der Waals surface area contributed by atoms with Crippen LogP contribution in [0.15, 0.2) is 24.3 Å². The summed E-state index contributed by atoms with van der Waals surface area (Å²) in [5.41, 5.74) is 0.973. The molecule has 0 saturated carbocycles. The molecule has 0 unspecified atom stereocenters. The summed E-state index contributed by atoms with van der Waals surface area (Å²) in [6.45, 7) is 3.16. The Labute approximate surface area is 125 Å². The second-order valence-corrected chi connectivity index (χ2v) is 7.39. The average Bonchev–Trinajstić information content (AvgIpc) is 2.42. The fourth-order valence-electron chi connectivity index (χ4n) is 2.63. The number of sulfonamides is 1. The minimum atomic E-state index is -3.29. The fraction of sp³-hybridized carbons (Fsp3) is 0.571. The number of rotatable bonds is 5. The summed E-state index contributed by atoms with van der Waals surface area (Å²) in [6, 6.07) is 7.55. The predicted octanol–water partition coefficient (Wildman–Crippen LogP) is 2.23. The Bertz CT molecular complexity index is 547. The molecule has 1 aliphatic rings. The standard InChI is InChI=1S/C14H20ClNO3S/c1-2-16-20(17,18)14-7-8-19-10-12(14)9-11-5-3-4-6-13(11)15/h3-6,12,14,16H,2,7-10H2,1H3/t12-,14-/m1/s1. The van der Waals surface area contributed by atoms with Crippen molar-refractivity contribution < 1.29 is 13.2 Å². The average molecular weight is 318 g/mol. The van der Waals surface area contributed by atoms with Crippen LogP contribution in [0.3, 0.4) is 0 Å². The van der Waals surface area contributed by atoms with Gasteiger partial charge in [-0.05, 0) is 24.5 Å². The first-order valence-electron chi connectivity index (χ1n) is 6.84. The lowest BCUT2D eigenvalue weighted by molar-refractivity contribution is 0.0570. The molecule has 0 aliphatic carbocycles. The number of halogens is 1. The van der Waals surface area contributed by atoms with E-state index in [0.29, 0.717) is 37.6 Å². The van der Waals surface area contributed by atoms with Gasteiger partial charge >= 0.3 is 0 Å². The van der Waals surface area contributed by atoms with E-state index in [0.717, 1.165) is 5.56 Å². The van der Waals surface area contributed by atoms with Gasteiger partial charge in [0.05, 0.1) is 11.9 Å². The summed E-state index contributed by atoms with van der Waals surface area (Å²) in [4.78, 5) is 0. The number of hydrogen-bond donors (Lipinski definition) is 1. The van der Waals surface area contributed by atoms with Crippen LogP contribution in [0.25, 0.3) is 0 Å². The van der Waals surface area contributed by atoms with Gasteiger partial charge in [-0.3, -0.25) is 0 Å². The molecule has 0 spiro atoms. The summed E-state index contributed by atoms with van der Waals surface area (Å²) < 4.78 is 32.6. The van der Waals surface area contributed by atoms with Crippen LogP contribution in [0.5, 0.6) is 0 Å². The van der Waals surface area contributed by atoms with Gasteiger partial charge in [0.2, 0.25) is 10.0 Å². The molecule has 112 valence electrons. The third kappa shape index (κ3) is 3.73. The van der Waals surface area contributed by atoms with E-state index >= 15 is 0 Å². The van der Waals surface area contributed by atoms with Crippen LogP contribution in [-0.2, 0) is 21.2 Å². The Hall–Kier alpha value is -0.620. The summed E-state index contributed by atoms with van der Waals surface area (Å²) in [5.74, 6) is -0.0623. The lowest BCUT2D eigenvalue weighted by atomic mass is 9.93. The topological polar surface area (TPSA) is 55.4 Å². The second kappa shape index (κ2) is 6.89. The van der Waals surface area contributed by atoms with E-state index in [-0.39, 0.29) is 5.92 Å². The second-order valence-electron chi connectivity index (χ2n) is 5.00. The van der Waals surface area contributed by atoms with Gasteiger partial charge in [0, 0.05) is 24.1 Å². The van der Waals surface area contributed by atoms with E-state index in [1.807, 2.05) is 24.3 Å². The predicted molar refractivity (Wildman–Crippen MR) is 80.5 cm³/mol. The monoisotopic (exact) mass is 317 g/mol. The summed E-state index contributed by atoms with van der Waals surface area (Å²) in [5, 5.41) is 0.269. The van der Waals surface area contributed by atoms with Crippen LogP contribution in [0, 0.1) is 5.92 Å². The molecule has 0 amide bonds. The van der Waals surface area contributed by atoms with Crippen molar-refractivity contribution in [1.29, 1.82) is 0 Å². The van der Waals surface area contributed by atoms with E-state index < -0.39 is 15.3 Å². The first-order chi connectivity index (χ1) is 9.54. The van der Waals surface area contributed by atoms with Crippen LogP contribution in [0.1, 0.15) is 18.9 Å². The van der Waals surface area contributed by atoms with Crippen molar-refractivity contribution in [2.75, 3.05) is 19.8 Å². The van der Waals surface area contributed by atoms with Crippen molar-refractivity contribution in [3.63, 3.8) is 0 Å². The van der Waals surface area contributed by atoms with Crippen LogP contribution >= 0.6 is 11.6 Å². The molecule has 1 aromatic rings. The van der Waals surface area contributed by atoms with Crippen LogP contribution in [0.2, 0.25) is 5.02 Å². The largest absolute Gasteiger partial charge is 0.381 e. The first kappa shape index (κ1) is 15.8. The molecule has 2 rings (SSSR count). The molecule has 1 N–H and O–H groups in total. The number of hydrogen-bond acceptors (Lipinski definition) is 3. The van der Waals surface area contributed by atoms with E-state index in [9.17, 15) is 8.42 Å². The lowest BCUT2D eigenvalue weighted by Crippen LogP contribution is -2.44. The van der Waals surface area contributed by atoms with Crippen molar-refractivity contribution >= 4 is 21.6 Å². The molecule has 4 nitrogen and oxygen atoms in total. The zero-order valence-corrected chi connectivity index (χ0v) is 13.1. The highest BCUT2D eigenvalue weighted by Crippen LogP contribution is 2.27. The number of nitrogens with one attached hydrogen (secondary N) is 1. The highest BCUT2D eigenvalue weighted by Gasteiger charge is 2.35. The van der Waals surface area contributed by atoms with E-state index in [1.54, 1.807) is 6.92 Å². The minimum Gasteiger partial charge on any atom is -0.381 e. The van der Waals surface area contributed by atoms with Crippen LogP contribution < -0.4 is 4.72 Å². The maximum Gasteiger partial charge on any atom is 0.214 e. The fourth-order valence-corrected chi connectivity index (χ4v) is 4.55. The van der Waals surface area contributed by atoms with Gasteiger partial charge in [-0.2, -0.15) is 0 Å². The molecule has 6 heteroatoms. The lowest BCUT2D eigenvalue weighted by Gasteiger charge is -2.31. The van der Waals surface area contributed by atoms with Crippen molar-refractivity contribution in [2.45, 2.75) is 25.0 Å². The molecule has 1 aromatic carbocycles. The molecule has 2 atom stereocenters. The Morgan fingerprint density at radius 3 is 2.85 bits per heavy atom. The maximum atomic E-state index is 12.3. The van der Waals surface area contributed by atoms with Gasteiger partial charge < -0.3 is 4.74 Å². The first-order valence-corrected chi connectivity index (χ1v) is 8.76. The van der Waals surface area contributed by atoms with Gasteiger partial charge in [0.1, 0.15) is 0 Å². The van der Waals surface area contributed by atoms with Gasteiger partial charge in [-0.1, -0.05) is 36.7 Å². The highest BCUT2D eigenvalue weighted by atomic mass is 35.5. The molecular weight excluding hydrogens is 298 g/mol. The normalized spacial score (nSPS) is 23.7. The van der Waals surface area contributed by atoms with E-state index in [2.05, 4.69) is 4.72 Å². The SMILES string of the molecule is CCNS(=O)(=O)[C@@H]1CCOC[C@H]1Cc1ccccc1Cl. The Kier molecular flexibility index (Phi) is 5.43. The van der Waals surface area contributed by atoms with Crippen molar-refractivity contribution in [3.05, 3.63) is 34.9 Å².